The summed E-state index contributed by atoms with van der Waals surface area (Å²) in [6.07, 6.45) is 2.01. The van der Waals surface area contributed by atoms with Crippen molar-refractivity contribution < 1.29 is 14.3 Å². The van der Waals surface area contributed by atoms with Crippen molar-refractivity contribution in [1.29, 1.82) is 0 Å². The lowest BCUT2D eigenvalue weighted by Gasteiger charge is -2.29. The summed E-state index contributed by atoms with van der Waals surface area (Å²) in [4.78, 5) is 14.6. The summed E-state index contributed by atoms with van der Waals surface area (Å²) in [5.74, 6) is -0.0146. The molecule has 148 valence electrons. The number of amides is 1. The summed E-state index contributed by atoms with van der Waals surface area (Å²) >= 11 is 3.41. The number of likely N-dealkylation sites (tertiary alicyclic amines) is 1. The first kappa shape index (κ1) is 19.6. The first-order valence-corrected chi connectivity index (χ1v) is 10.5. The highest BCUT2D eigenvalue weighted by Crippen LogP contribution is 2.37. The van der Waals surface area contributed by atoms with E-state index in [1.54, 1.807) is 0 Å². The average Bonchev–Trinajstić information content (AvgIpc) is 3.30. The van der Waals surface area contributed by atoms with Gasteiger partial charge in [0.25, 0.3) is 0 Å². The Hall–Kier alpha value is -1.73. The van der Waals surface area contributed by atoms with E-state index in [1.165, 1.54) is 0 Å². The quantitative estimate of drug-likeness (QED) is 0.735. The number of anilines is 1. The standard InChI is InChI=1S/C22H25BrN2O3/c23-18-7-9-19(10-8-18)24-21(26)14-25-13-20(22(16-25)11-4-12-28-22)27-15-17-5-2-1-3-6-17/h1-3,5-10,20H,4,11-16H2,(H,24,26)/t20-,22-/m0/s1. The topological polar surface area (TPSA) is 50.8 Å². The third kappa shape index (κ3) is 4.63. The maximum Gasteiger partial charge on any atom is 0.238 e. The molecular formula is C22H25BrN2O3. The molecule has 2 saturated heterocycles. The lowest BCUT2D eigenvalue weighted by atomic mass is 9.96. The Morgan fingerprint density at radius 2 is 2.00 bits per heavy atom. The number of carbonyl (C=O) groups is 1. The predicted molar refractivity (Wildman–Crippen MR) is 112 cm³/mol. The molecule has 0 aliphatic carbocycles. The molecule has 5 nitrogen and oxygen atoms in total. The van der Waals surface area contributed by atoms with Gasteiger partial charge in [-0.2, -0.15) is 0 Å². The van der Waals surface area contributed by atoms with E-state index in [-0.39, 0.29) is 17.6 Å². The number of hydrogen-bond donors (Lipinski definition) is 1. The Balaban J connectivity index is 1.36. The van der Waals surface area contributed by atoms with Gasteiger partial charge >= 0.3 is 0 Å². The van der Waals surface area contributed by atoms with Crippen LogP contribution in [0.3, 0.4) is 0 Å². The predicted octanol–water partition coefficient (Wildman–Crippen LogP) is 3.84. The Bertz CT molecular complexity index is 791. The van der Waals surface area contributed by atoms with E-state index >= 15 is 0 Å². The maximum absolute atomic E-state index is 12.5. The smallest absolute Gasteiger partial charge is 0.238 e. The largest absolute Gasteiger partial charge is 0.371 e. The van der Waals surface area contributed by atoms with Crippen molar-refractivity contribution in [3.8, 4) is 0 Å². The molecule has 0 aromatic heterocycles. The van der Waals surface area contributed by atoms with Gasteiger partial charge in [-0.3, -0.25) is 9.69 Å². The van der Waals surface area contributed by atoms with Crippen LogP contribution in [0.15, 0.2) is 59.1 Å². The Kier molecular flexibility index (Phi) is 6.11. The van der Waals surface area contributed by atoms with Crippen molar-refractivity contribution in [2.45, 2.75) is 31.2 Å². The minimum absolute atomic E-state index is 0.0146. The van der Waals surface area contributed by atoms with Gasteiger partial charge in [-0.05, 0) is 42.7 Å². The monoisotopic (exact) mass is 444 g/mol. The number of halogens is 1. The van der Waals surface area contributed by atoms with Gasteiger partial charge in [0.2, 0.25) is 5.91 Å². The van der Waals surface area contributed by atoms with Gasteiger partial charge in [0, 0.05) is 29.9 Å². The molecule has 28 heavy (non-hydrogen) atoms. The molecule has 0 radical (unpaired) electrons. The minimum atomic E-state index is -0.285. The maximum atomic E-state index is 12.5. The van der Waals surface area contributed by atoms with E-state index < -0.39 is 0 Å². The van der Waals surface area contributed by atoms with E-state index in [9.17, 15) is 4.79 Å². The van der Waals surface area contributed by atoms with Crippen LogP contribution in [0.4, 0.5) is 5.69 Å². The second kappa shape index (κ2) is 8.74. The zero-order chi connectivity index (χ0) is 19.4. The molecule has 4 rings (SSSR count). The second-order valence-electron chi connectivity index (χ2n) is 7.53. The number of nitrogens with zero attached hydrogens (tertiary/aromatic N) is 1. The molecule has 2 aliphatic rings. The fourth-order valence-corrected chi connectivity index (χ4v) is 4.34. The molecule has 2 fully saturated rings. The van der Waals surface area contributed by atoms with Crippen LogP contribution in [0.5, 0.6) is 0 Å². The number of ether oxygens (including phenoxy) is 2. The van der Waals surface area contributed by atoms with Gasteiger partial charge in [0.15, 0.2) is 0 Å². The molecule has 0 unspecified atom stereocenters. The molecule has 0 bridgehead atoms. The van der Waals surface area contributed by atoms with Crippen LogP contribution in [0.25, 0.3) is 0 Å². The van der Waals surface area contributed by atoms with Crippen LogP contribution in [-0.2, 0) is 20.9 Å². The molecule has 2 aromatic rings. The minimum Gasteiger partial charge on any atom is -0.371 e. The van der Waals surface area contributed by atoms with Crippen molar-refractivity contribution in [3.63, 3.8) is 0 Å². The second-order valence-corrected chi connectivity index (χ2v) is 8.44. The lowest BCUT2D eigenvalue weighted by Crippen LogP contribution is -2.42. The SMILES string of the molecule is O=C(CN1C[C@H](OCc2ccccc2)[C@]2(CCCO2)C1)Nc1ccc(Br)cc1. The zero-order valence-electron chi connectivity index (χ0n) is 15.8. The van der Waals surface area contributed by atoms with E-state index in [0.717, 1.165) is 41.7 Å². The van der Waals surface area contributed by atoms with Crippen molar-refractivity contribution in [1.82, 2.24) is 4.90 Å². The molecular weight excluding hydrogens is 420 g/mol. The van der Waals surface area contributed by atoms with Gasteiger partial charge in [-0.15, -0.1) is 0 Å². The summed E-state index contributed by atoms with van der Waals surface area (Å²) in [5, 5.41) is 2.96. The van der Waals surface area contributed by atoms with Crippen molar-refractivity contribution in [3.05, 3.63) is 64.6 Å². The van der Waals surface area contributed by atoms with Gasteiger partial charge in [0.05, 0.1) is 13.2 Å². The summed E-state index contributed by atoms with van der Waals surface area (Å²) in [6.45, 7) is 3.12. The summed E-state index contributed by atoms with van der Waals surface area (Å²) in [6, 6.07) is 17.8. The molecule has 2 aromatic carbocycles. The fraction of sp³-hybridized carbons (Fsp3) is 0.409. The van der Waals surface area contributed by atoms with Crippen molar-refractivity contribution >= 4 is 27.5 Å². The molecule has 1 N–H and O–H groups in total. The molecule has 2 atom stereocenters. The van der Waals surface area contributed by atoms with Crippen LogP contribution < -0.4 is 5.32 Å². The number of nitrogens with one attached hydrogen (secondary N) is 1. The van der Waals surface area contributed by atoms with Gasteiger partial charge in [0.1, 0.15) is 11.7 Å². The number of carbonyl (C=O) groups excluding carboxylic acids is 1. The van der Waals surface area contributed by atoms with Crippen molar-refractivity contribution in [2.24, 2.45) is 0 Å². The average molecular weight is 445 g/mol. The summed E-state index contributed by atoms with van der Waals surface area (Å²) < 4.78 is 13.4. The normalized spacial score (nSPS) is 24.7. The first-order valence-electron chi connectivity index (χ1n) is 9.70. The molecule has 6 heteroatoms. The lowest BCUT2D eigenvalue weighted by molar-refractivity contribution is -0.117. The van der Waals surface area contributed by atoms with Crippen LogP contribution in [-0.4, -0.2) is 48.8 Å². The highest BCUT2D eigenvalue weighted by molar-refractivity contribution is 9.10. The highest BCUT2D eigenvalue weighted by Gasteiger charge is 2.50. The number of rotatable bonds is 6. The highest BCUT2D eigenvalue weighted by atomic mass is 79.9. The number of benzene rings is 2. The van der Waals surface area contributed by atoms with Crippen LogP contribution >= 0.6 is 15.9 Å². The Labute approximate surface area is 174 Å². The van der Waals surface area contributed by atoms with Gasteiger partial charge < -0.3 is 14.8 Å². The van der Waals surface area contributed by atoms with E-state index in [0.29, 0.717) is 19.7 Å². The van der Waals surface area contributed by atoms with Gasteiger partial charge in [-0.25, -0.2) is 0 Å². The molecule has 1 amide bonds. The fourth-order valence-electron chi connectivity index (χ4n) is 4.08. The summed E-state index contributed by atoms with van der Waals surface area (Å²) in [7, 11) is 0. The summed E-state index contributed by atoms with van der Waals surface area (Å²) in [5.41, 5.74) is 1.67. The molecule has 1 spiro atoms. The zero-order valence-corrected chi connectivity index (χ0v) is 17.4. The molecule has 0 saturated carbocycles. The van der Waals surface area contributed by atoms with Crippen molar-refractivity contribution in [2.75, 3.05) is 31.6 Å². The van der Waals surface area contributed by atoms with Gasteiger partial charge in [-0.1, -0.05) is 46.3 Å². The van der Waals surface area contributed by atoms with E-state index in [4.69, 9.17) is 9.47 Å². The van der Waals surface area contributed by atoms with E-state index in [1.807, 2.05) is 42.5 Å². The van der Waals surface area contributed by atoms with Crippen LogP contribution in [0.1, 0.15) is 18.4 Å². The number of hydrogen-bond acceptors (Lipinski definition) is 4. The van der Waals surface area contributed by atoms with E-state index in [2.05, 4.69) is 38.3 Å². The molecule has 2 aliphatic heterocycles. The van der Waals surface area contributed by atoms with Crippen LogP contribution in [0, 0.1) is 0 Å². The third-order valence-corrected chi connectivity index (χ3v) is 5.95. The Morgan fingerprint density at radius 1 is 1.21 bits per heavy atom. The van der Waals surface area contributed by atoms with Crippen LogP contribution in [0.2, 0.25) is 0 Å². The molecule has 2 heterocycles. The Morgan fingerprint density at radius 3 is 2.71 bits per heavy atom. The third-order valence-electron chi connectivity index (χ3n) is 5.43. The first-order chi connectivity index (χ1) is 13.6.